The number of hydrogen-bond acceptors (Lipinski definition) is 5. The van der Waals surface area contributed by atoms with E-state index in [-0.39, 0.29) is 22.9 Å². The van der Waals surface area contributed by atoms with Gasteiger partial charge in [-0.05, 0) is 23.6 Å². The molecular weight excluding hydrogens is 313 g/mol. The Hall–Kier alpha value is -1.95. The Morgan fingerprint density at radius 1 is 1.24 bits per heavy atom. The van der Waals surface area contributed by atoms with Crippen LogP contribution in [-0.2, 0) is 10.0 Å². The van der Waals surface area contributed by atoms with Crippen molar-refractivity contribution in [2.24, 2.45) is 0 Å². The first-order valence-electron chi connectivity index (χ1n) is 6.00. The molecule has 1 aromatic heterocycles. The lowest BCUT2D eigenvalue weighted by Crippen LogP contribution is -2.28. The molecular formula is C13H12FN3O2S2. The van der Waals surface area contributed by atoms with Crippen LogP contribution in [-0.4, -0.2) is 21.5 Å². The minimum absolute atomic E-state index is 0.0846. The molecule has 2 aromatic rings. The van der Waals surface area contributed by atoms with Crippen molar-refractivity contribution in [2.45, 2.75) is 4.21 Å². The van der Waals surface area contributed by atoms with Crippen molar-refractivity contribution < 1.29 is 12.8 Å². The minimum atomic E-state index is -3.51. The van der Waals surface area contributed by atoms with Crippen LogP contribution >= 0.6 is 11.3 Å². The van der Waals surface area contributed by atoms with Crippen molar-refractivity contribution in [3.8, 4) is 6.07 Å². The summed E-state index contributed by atoms with van der Waals surface area (Å²) >= 11 is 1.13. The van der Waals surface area contributed by atoms with E-state index in [0.717, 1.165) is 11.3 Å². The van der Waals surface area contributed by atoms with E-state index in [2.05, 4.69) is 10.0 Å². The molecule has 2 N–H and O–H groups in total. The SMILES string of the molecule is N#Cc1c(F)cccc1NCCNS(=O)(=O)c1cccs1. The van der Waals surface area contributed by atoms with Crippen LogP contribution in [0.5, 0.6) is 0 Å². The molecule has 0 atom stereocenters. The highest BCUT2D eigenvalue weighted by Gasteiger charge is 2.14. The molecule has 1 heterocycles. The van der Waals surface area contributed by atoms with Gasteiger partial charge in [-0.25, -0.2) is 17.5 Å². The zero-order valence-corrected chi connectivity index (χ0v) is 12.5. The zero-order valence-electron chi connectivity index (χ0n) is 10.8. The van der Waals surface area contributed by atoms with Crippen LogP contribution < -0.4 is 10.0 Å². The first kappa shape index (κ1) is 15.4. The van der Waals surface area contributed by atoms with Crippen LogP contribution in [0.2, 0.25) is 0 Å². The van der Waals surface area contributed by atoms with E-state index in [1.807, 2.05) is 0 Å². The van der Waals surface area contributed by atoms with E-state index in [9.17, 15) is 12.8 Å². The Morgan fingerprint density at radius 3 is 2.71 bits per heavy atom. The number of hydrogen-bond donors (Lipinski definition) is 2. The molecule has 0 aliphatic rings. The number of nitrogens with zero attached hydrogens (tertiary/aromatic N) is 1. The van der Waals surface area contributed by atoms with Gasteiger partial charge < -0.3 is 5.32 Å². The average Bonchev–Trinajstić information content (AvgIpc) is 2.99. The second-order valence-corrected chi connectivity index (χ2v) is 6.97. The van der Waals surface area contributed by atoms with Gasteiger partial charge in [-0.2, -0.15) is 5.26 Å². The molecule has 0 fully saturated rings. The molecule has 0 amide bonds. The maximum absolute atomic E-state index is 13.4. The third-order valence-electron chi connectivity index (χ3n) is 2.62. The number of nitriles is 1. The van der Waals surface area contributed by atoms with Gasteiger partial charge in [-0.15, -0.1) is 11.3 Å². The lowest BCUT2D eigenvalue weighted by Gasteiger charge is -2.09. The number of sulfonamides is 1. The van der Waals surface area contributed by atoms with Gasteiger partial charge in [0.1, 0.15) is 21.7 Å². The summed E-state index contributed by atoms with van der Waals surface area (Å²) in [5.41, 5.74) is 0.256. The third kappa shape index (κ3) is 3.78. The lowest BCUT2D eigenvalue weighted by molar-refractivity contribution is 0.585. The predicted molar refractivity (Wildman–Crippen MR) is 79.1 cm³/mol. The van der Waals surface area contributed by atoms with Crippen LogP contribution in [0.25, 0.3) is 0 Å². The highest BCUT2D eigenvalue weighted by atomic mass is 32.2. The summed E-state index contributed by atoms with van der Waals surface area (Å²) in [6.07, 6.45) is 0. The normalized spacial score (nSPS) is 11.0. The van der Waals surface area contributed by atoms with Crippen molar-refractivity contribution in [3.63, 3.8) is 0 Å². The van der Waals surface area contributed by atoms with E-state index >= 15 is 0 Å². The van der Waals surface area contributed by atoms with E-state index in [1.165, 1.54) is 18.2 Å². The number of rotatable bonds is 6. The smallest absolute Gasteiger partial charge is 0.250 e. The van der Waals surface area contributed by atoms with Crippen molar-refractivity contribution in [1.29, 1.82) is 5.26 Å². The van der Waals surface area contributed by atoms with Gasteiger partial charge in [0, 0.05) is 13.1 Å². The number of thiophene rings is 1. The maximum atomic E-state index is 13.4. The molecule has 0 saturated heterocycles. The number of benzene rings is 1. The molecule has 0 unspecified atom stereocenters. The second-order valence-electron chi connectivity index (χ2n) is 4.03. The van der Waals surface area contributed by atoms with Gasteiger partial charge >= 0.3 is 0 Å². The molecule has 21 heavy (non-hydrogen) atoms. The van der Waals surface area contributed by atoms with Crippen LogP contribution in [0.3, 0.4) is 0 Å². The Bertz CT molecular complexity index is 752. The van der Waals surface area contributed by atoms with Crippen LogP contribution in [0.1, 0.15) is 5.56 Å². The van der Waals surface area contributed by atoms with Crippen molar-refractivity contribution in [2.75, 3.05) is 18.4 Å². The summed E-state index contributed by atoms with van der Waals surface area (Å²) in [6.45, 7) is 0.365. The van der Waals surface area contributed by atoms with E-state index in [0.29, 0.717) is 5.69 Å². The van der Waals surface area contributed by atoms with Gasteiger partial charge in [-0.3, -0.25) is 0 Å². The van der Waals surface area contributed by atoms with E-state index < -0.39 is 15.8 Å². The summed E-state index contributed by atoms with van der Waals surface area (Å²) < 4.78 is 39.7. The van der Waals surface area contributed by atoms with E-state index in [4.69, 9.17) is 5.26 Å². The van der Waals surface area contributed by atoms with Gasteiger partial charge in [0.15, 0.2) is 0 Å². The molecule has 0 aliphatic heterocycles. The van der Waals surface area contributed by atoms with Gasteiger partial charge in [0.2, 0.25) is 10.0 Å². The minimum Gasteiger partial charge on any atom is -0.383 e. The molecule has 2 rings (SSSR count). The first-order valence-corrected chi connectivity index (χ1v) is 8.36. The molecule has 1 aromatic carbocycles. The second kappa shape index (κ2) is 6.67. The topological polar surface area (TPSA) is 82.0 Å². The Balaban J connectivity index is 1.92. The maximum Gasteiger partial charge on any atom is 0.250 e. The third-order valence-corrected chi connectivity index (χ3v) is 5.48. The molecule has 0 aliphatic carbocycles. The number of anilines is 1. The molecule has 0 spiro atoms. The Labute approximate surface area is 126 Å². The number of halogens is 1. The summed E-state index contributed by atoms with van der Waals surface area (Å²) in [5.74, 6) is -0.610. The van der Waals surface area contributed by atoms with E-state index in [1.54, 1.807) is 23.6 Å². The molecule has 110 valence electrons. The fraction of sp³-hybridized carbons (Fsp3) is 0.154. The summed E-state index contributed by atoms with van der Waals surface area (Å²) in [5, 5.41) is 13.4. The van der Waals surface area contributed by atoms with Crippen LogP contribution in [0, 0.1) is 17.1 Å². The Kier molecular flexibility index (Phi) is 4.90. The zero-order chi connectivity index (χ0) is 15.3. The van der Waals surface area contributed by atoms with Crippen LogP contribution in [0.4, 0.5) is 10.1 Å². The quantitative estimate of drug-likeness (QED) is 0.797. The molecule has 0 saturated carbocycles. The molecule has 5 nitrogen and oxygen atoms in total. The highest BCUT2D eigenvalue weighted by molar-refractivity contribution is 7.91. The predicted octanol–water partition coefficient (Wildman–Crippen LogP) is 2.15. The first-order chi connectivity index (χ1) is 10.0. The average molecular weight is 325 g/mol. The summed E-state index contributed by atoms with van der Waals surface area (Å²) in [7, 11) is -3.51. The fourth-order valence-electron chi connectivity index (χ4n) is 1.66. The molecule has 0 radical (unpaired) electrons. The van der Waals surface area contributed by atoms with Gasteiger partial charge in [0.25, 0.3) is 0 Å². The Morgan fingerprint density at radius 2 is 2.05 bits per heavy atom. The summed E-state index contributed by atoms with van der Waals surface area (Å²) in [6, 6.07) is 9.18. The fourth-order valence-corrected chi connectivity index (χ4v) is 3.72. The van der Waals surface area contributed by atoms with Crippen molar-refractivity contribution in [1.82, 2.24) is 4.72 Å². The van der Waals surface area contributed by atoms with Crippen molar-refractivity contribution in [3.05, 3.63) is 47.1 Å². The monoisotopic (exact) mass is 325 g/mol. The lowest BCUT2D eigenvalue weighted by atomic mass is 10.2. The van der Waals surface area contributed by atoms with Gasteiger partial charge in [-0.1, -0.05) is 12.1 Å². The standard InChI is InChI=1S/C13H12FN3O2S2/c14-11-3-1-4-12(10(11)9-15)16-6-7-17-21(18,19)13-5-2-8-20-13/h1-5,8,16-17H,6-7H2. The van der Waals surface area contributed by atoms with Crippen molar-refractivity contribution >= 4 is 27.0 Å². The van der Waals surface area contributed by atoms with Crippen LogP contribution in [0.15, 0.2) is 39.9 Å². The summed E-state index contributed by atoms with van der Waals surface area (Å²) in [4.78, 5) is 0. The molecule has 0 bridgehead atoms. The highest BCUT2D eigenvalue weighted by Crippen LogP contribution is 2.17. The molecule has 8 heteroatoms. The number of nitrogens with one attached hydrogen (secondary N) is 2. The van der Waals surface area contributed by atoms with Gasteiger partial charge in [0.05, 0.1) is 5.69 Å². The largest absolute Gasteiger partial charge is 0.383 e.